The lowest BCUT2D eigenvalue weighted by molar-refractivity contribution is -0.139. The third-order valence-corrected chi connectivity index (χ3v) is 7.50. The summed E-state index contributed by atoms with van der Waals surface area (Å²) in [4.78, 5) is 18.6. The van der Waals surface area contributed by atoms with Crippen molar-refractivity contribution in [2.75, 3.05) is 26.7 Å². The summed E-state index contributed by atoms with van der Waals surface area (Å²) in [6, 6.07) is 6.77. The minimum atomic E-state index is 0.115. The summed E-state index contributed by atoms with van der Waals surface area (Å²) in [5, 5.41) is 5.13. The number of likely N-dealkylation sites (tertiary alicyclic amines) is 1. The van der Waals surface area contributed by atoms with Crippen molar-refractivity contribution in [2.45, 2.75) is 56.9 Å². The van der Waals surface area contributed by atoms with Gasteiger partial charge in [-0.3, -0.25) is 4.79 Å². The molecule has 5 nitrogen and oxygen atoms in total. The van der Waals surface area contributed by atoms with Gasteiger partial charge in [-0.25, -0.2) is 0 Å². The predicted octanol–water partition coefficient (Wildman–Crippen LogP) is 3.89. The Morgan fingerprint density at radius 1 is 1.29 bits per heavy atom. The maximum atomic E-state index is 12.7. The van der Waals surface area contributed by atoms with Crippen LogP contribution < -0.4 is 10.1 Å². The Kier molecular flexibility index (Phi) is 4.38. The fourth-order valence-corrected chi connectivity index (χ4v) is 5.51. The van der Waals surface area contributed by atoms with E-state index >= 15 is 0 Å². The Hall–Kier alpha value is -2.01. The number of H-pyrrole nitrogens is 1. The van der Waals surface area contributed by atoms with Gasteiger partial charge in [0.2, 0.25) is 5.91 Å². The molecule has 2 aromatic rings. The molecule has 1 amide bonds. The number of nitrogens with zero attached hydrogens (tertiary/aromatic N) is 1. The molecule has 1 aromatic heterocycles. The second-order valence-electron chi connectivity index (χ2n) is 8.90. The van der Waals surface area contributed by atoms with Crippen molar-refractivity contribution in [2.24, 2.45) is 5.92 Å². The number of fused-ring (bicyclic) bond motifs is 4. The summed E-state index contributed by atoms with van der Waals surface area (Å²) in [5.74, 6) is 1.60. The van der Waals surface area contributed by atoms with E-state index in [4.69, 9.17) is 4.74 Å². The molecular weight excluding hydrogens is 350 g/mol. The van der Waals surface area contributed by atoms with E-state index in [1.807, 2.05) is 0 Å². The van der Waals surface area contributed by atoms with Gasteiger partial charge in [0.25, 0.3) is 0 Å². The van der Waals surface area contributed by atoms with Gasteiger partial charge in [-0.1, -0.05) is 13.3 Å². The van der Waals surface area contributed by atoms with E-state index in [2.05, 4.69) is 40.3 Å². The second kappa shape index (κ2) is 6.80. The van der Waals surface area contributed by atoms with E-state index in [1.165, 1.54) is 28.6 Å². The van der Waals surface area contributed by atoms with Crippen LogP contribution in [0.5, 0.6) is 5.75 Å². The average molecular weight is 382 g/mol. The molecule has 1 aromatic carbocycles. The van der Waals surface area contributed by atoms with Gasteiger partial charge in [0.1, 0.15) is 5.75 Å². The number of aromatic nitrogens is 1. The maximum absolute atomic E-state index is 12.7. The quantitative estimate of drug-likeness (QED) is 0.848. The predicted molar refractivity (Wildman–Crippen MR) is 111 cm³/mol. The molecule has 1 aliphatic carbocycles. The molecule has 1 spiro atoms. The standard InChI is InChI=1S/C23H31N3O2/c1-3-18-21-20(17-8-7-16(28-2)13-19(17)25-21)23(14-24-18)9-11-26(12-10-23)22(27)15-5-4-6-15/h7-8,13,15,18,24-25H,3-6,9-12,14H2,1-2H3. The summed E-state index contributed by atoms with van der Waals surface area (Å²) in [6.07, 6.45) is 6.56. The second-order valence-corrected chi connectivity index (χ2v) is 8.90. The van der Waals surface area contributed by atoms with Gasteiger partial charge < -0.3 is 19.9 Å². The van der Waals surface area contributed by atoms with Crippen LogP contribution in [0.1, 0.15) is 62.7 Å². The molecule has 1 unspecified atom stereocenters. The fourth-order valence-electron chi connectivity index (χ4n) is 5.51. The molecule has 2 N–H and O–H groups in total. The number of hydrogen-bond acceptors (Lipinski definition) is 3. The van der Waals surface area contributed by atoms with E-state index < -0.39 is 0 Å². The Bertz CT molecular complexity index is 891. The summed E-state index contributed by atoms with van der Waals surface area (Å²) in [6.45, 7) is 5.01. The number of carbonyl (C=O) groups is 1. The van der Waals surface area contributed by atoms with Gasteiger partial charge in [-0.05, 0) is 49.8 Å². The van der Waals surface area contributed by atoms with Crippen LogP contribution in [0.3, 0.4) is 0 Å². The van der Waals surface area contributed by atoms with E-state index in [0.29, 0.717) is 17.9 Å². The number of benzene rings is 1. The van der Waals surface area contributed by atoms with Crippen LogP contribution in [0, 0.1) is 5.92 Å². The number of aromatic amines is 1. The molecule has 2 fully saturated rings. The molecule has 1 saturated heterocycles. The Labute approximate surface area is 166 Å². The van der Waals surface area contributed by atoms with Crippen molar-refractivity contribution in [1.29, 1.82) is 0 Å². The van der Waals surface area contributed by atoms with Gasteiger partial charge in [-0.2, -0.15) is 0 Å². The molecule has 0 radical (unpaired) electrons. The third kappa shape index (κ3) is 2.66. The smallest absolute Gasteiger partial charge is 0.225 e. The molecule has 2 aliphatic heterocycles. The van der Waals surface area contributed by atoms with Gasteiger partial charge in [0.05, 0.1) is 7.11 Å². The molecule has 0 bridgehead atoms. The summed E-state index contributed by atoms with van der Waals surface area (Å²) in [5.41, 5.74) is 4.12. The van der Waals surface area contributed by atoms with Gasteiger partial charge in [0, 0.05) is 59.7 Å². The highest BCUT2D eigenvalue weighted by Gasteiger charge is 2.45. The number of methoxy groups -OCH3 is 1. The lowest BCUT2D eigenvalue weighted by Gasteiger charge is -2.47. The average Bonchev–Trinajstić information content (AvgIpc) is 3.07. The molecule has 5 heteroatoms. The van der Waals surface area contributed by atoms with Crippen LogP contribution in [-0.2, 0) is 10.2 Å². The monoisotopic (exact) mass is 381 g/mol. The number of nitrogens with one attached hydrogen (secondary N) is 2. The van der Waals surface area contributed by atoms with Crippen molar-refractivity contribution in [3.05, 3.63) is 29.5 Å². The van der Waals surface area contributed by atoms with Crippen LogP contribution >= 0.6 is 0 Å². The van der Waals surface area contributed by atoms with Crippen LogP contribution in [0.25, 0.3) is 10.9 Å². The SMILES string of the molecule is CCC1NCC2(CCN(C(=O)C3CCC3)CC2)c2c1[nH]c1cc(OC)ccc21. The van der Waals surface area contributed by atoms with Crippen molar-refractivity contribution >= 4 is 16.8 Å². The third-order valence-electron chi connectivity index (χ3n) is 7.50. The largest absolute Gasteiger partial charge is 0.497 e. The lowest BCUT2D eigenvalue weighted by Crippen LogP contribution is -2.53. The molecule has 28 heavy (non-hydrogen) atoms. The highest BCUT2D eigenvalue weighted by molar-refractivity contribution is 5.88. The summed E-state index contributed by atoms with van der Waals surface area (Å²) in [7, 11) is 1.72. The highest BCUT2D eigenvalue weighted by Crippen LogP contribution is 2.47. The first-order valence-electron chi connectivity index (χ1n) is 10.9. The minimum Gasteiger partial charge on any atom is -0.497 e. The maximum Gasteiger partial charge on any atom is 0.225 e. The number of amides is 1. The zero-order valence-corrected chi connectivity index (χ0v) is 17.0. The Morgan fingerprint density at radius 3 is 2.71 bits per heavy atom. The van der Waals surface area contributed by atoms with Gasteiger partial charge in [-0.15, -0.1) is 0 Å². The first-order valence-corrected chi connectivity index (χ1v) is 10.9. The van der Waals surface area contributed by atoms with Crippen LogP contribution in [0.2, 0.25) is 0 Å². The van der Waals surface area contributed by atoms with E-state index in [9.17, 15) is 4.79 Å². The first-order chi connectivity index (χ1) is 13.6. The first kappa shape index (κ1) is 18.0. The van der Waals surface area contributed by atoms with Gasteiger partial charge >= 0.3 is 0 Å². The van der Waals surface area contributed by atoms with E-state index in [-0.39, 0.29) is 5.41 Å². The molecule has 1 atom stereocenters. The normalized spacial score (nSPS) is 24.2. The number of carbonyl (C=O) groups excluding carboxylic acids is 1. The van der Waals surface area contributed by atoms with Gasteiger partial charge in [0.15, 0.2) is 0 Å². The van der Waals surface area contributed by atoms with E-state index in [1.54, 1.807) is 7.11 Å². The van der Waals surface area contributed by atoms with Crippen molar-refractivity contribution in [3.8, 4) is 5.75 Å². The number of hydrogen-bond donors (Lipinski definition) is 2. The van der Waals surface area contributed by atoms with Crippen molar-refractivity contribution < 1.29 is 9.53 Å². The Balaban J connectivity index is 1.49. The summed E-state index contributed by atoms with van der Waals surface area (Å²) < 4.78 is 5.44. The minimum absolute atomic E-state index is 0.115. The lowest BCUT2D eigenvalue weighted by atomic mass is 9.68. The van der Waals surface area contributed by atoms with Crippen molar-refractivity contribution in [1.82, 2.24) is 15.2 Å². The van der Waals surface area contributed by atoms with E-state index in [0.717, 1.165) is 57.5 Å². The molecule has 5 rings (SSSR count). The molecule has 1 saturated carbocycles. The molecule has 3 aliphatic rings. The van der Waals surface area contributed by atoms with Crippen LogP contribution in [0.15, 0.2) is 18.2 Å². The molecule has 3 heterocycles. The van der Waals surface area contributed by atoms with Crippen LogP contribution in [0.4, 0.5) is 0 Å². The Morgan fingerprint density at radius 2 is 2.07 bits per heavy atom. The summed E-state index contributed by atoms with van der Waals surface area (Å²) >= 11 is 0. The fraction of sp³-hybridized carbons (Fsp3) is 0.609. The molecule has 150 valence electrons. The van der Waals surface area contributed by atoms with Crippen LogP contribution in [-0.4, -0.2) is 42.5 Å². The number of piperidine rings is 1. The topological polar surface area (TPSA) is 57.4 Å². The highest BCUT2D eigenvalue weighted by atomic mass is 16.5. The zero-order valence-electron chi connectivity index (χ0n) is 17.0. The molecular formula is C23H31N3O2. The number of rotatable bonds is 3. The van der Waals surface area contributed by atoms with Crippen molar-refractivity contribution in [3.63, 3.8) is 0 Å². The zero-order chi connectivity index (χ0) is 19.3. The number of ether oxygens (including phenoxy) is 1.